The number of anilines is 1. The maximum absolute atomic E-state index is 13.5. The van der Waals surface area contributed by atoms with E-state index in [1.807, 2.05) is 25.1 Å². The third-order valence-corrected chi connectivity index (χ3v) is 6.47. The summed E-state index contributed by atoms with van der Waals surface area (Å²) >= 11 is 1.42. The van der Waals surface area contributed by atoms with Crippen molar-refractivity contribution in [2.24, 2.45) is 0 Å². The van der Waals surface area contributed by atoms with E-state index in [0.717, 1.165) is 40.2 Å². The Morgan fingerprint density at radius 2 is 1.94 bits per heavy atom. The van der Waals surface area contributed by atoms with Crippen LogP contribution >= 0.6 is 11.3 Å². The number of hydrogen-bond acceptors (Lipinski definition) is 6. The van der Waals surface area contributed by atoms with Crippen molar-refractivity contribution in [3.05, 3.63) is 65.7 Å². The van der Waals surface area contributed by atoms with E-state index in [1.54, 1.807) is 18.5 Å². The summed E-state index contributed by atoms with van der Waals surface area (Å²) in [6.07, 6.45) is 5.98. The van der Waals surface area contributed by atoms with Gasteiger partial charge in [-0.05, 0) is 56.5 Å². The van der Waals surface area contributed by atoms with Crippen molar-refractivity contribution in [3.63, 3.8) is 0 Å². The van der Waals surface area contributed by atoms with E-state index >= 15 is 0 Å². The average molecular weight is 437 g/mol. The second-order valence-electron chi connectivity index (χ2n) is 7.73. The molecule has 158 valence electrons. The fourth-order valence-electron chi connectivity index (χ4n) is 4.02. The van der Waals surface area contributed by atoms with Crippen LogP contribution in [0.1, 0.15) is 35.2 Å². The molecule has 7 nitrogen and oxygen atoms in total. The van der Waals surface area contributed by atoms with Crippen LogP contribution in [0.25, 0.3) is 15.9 Å². The van der Waals surface area contributed by atoms with Gasteiger partial charge in [-0.3, -0.25) is 4.79 Å². The van der Waals surface area contributed by atoms with Gasteiger partial charge >= 0.3 is 0 Å². The molecule has 2 atom stereocenters. The lowest BCUT2D eigenvalue weighted by molar-refractivity contribution is 0.0935. The van der Waals surface area contributed by atoms with Crippen molar-refractivity contribution >= 4 is 32.6 Å². The standard InChI is InChI=1S/C22H21FN6OS/c1-13-5-8-19(29-24-9-10-25-29)15(11-13)21(30)26-16-3-2-4-17(16)27-22-28-18-7-6-14(23)12-20(18)31-22/h5-12,16-17H,2-4H2,1H3,(H,26,30)(H,27,28)/t16?,17-/m0/s1. The van der Waals surface area contributed by atoms with Crippen LogP contribution in [0.15, 0.2) is 48.8 Å². The van der Waals surface area contributed by atoms with Gasteiger partial charge in [0.15, 0.2) is 5.13 Å². The van der Waals surface area contributed by atoms with Crippen molar-refractivity contribution in [1.82, 2.24) is 25.3 Å². The van der Waals surface area contributed by atoms with E-state index in [1.165, 1.54) is 28.3 Å². The first kappa shape index (κ1) is 19.6. The van der Waals surface area contributed by atoms with Crippen molar-refractivity contribution in [2.75, 3.05) is 5.32 Å². The van der Waals surface area contributed by atoms with Gasteiger partial charge in [-0.1, -0.05) is 23.0 Å². The Labute approximate surface area is 182 Å². The fraction of sp³-hybridized carbons (Fsp3) is 0.273. The number of benzene rings is 2. The Balaban J connectivity index is 1.34. The number of nitrogens with zero attached hydrogens (tertiary/aromatic N) is 4. The lowest BCUT2D eigenvalue weighted by atomic mass is 10.1. The van der Waals surface area contributed by atoms with Gasteiger partial charge in [-0.25, -0.2) is 9.37 Å². The third kappa shape index (κ3) is 4.00. The van der Waals surface area contributed by atoms with E-state index < -0.39 is 0 Å². The summed E-state index contributed by atoms with van der Waals surface area (Å²) in [4.78, 5) is 19.2. The highest BCUT2D eigenvalue weighted by Crippen LogP contribution is 2.30. The minimum absolute atomic E-state index is 0.0322. The van der Waals surface area contributed by atoms with Gasteiger partial charge < -0.3 is 10.6 Å². The Hall–Kier alpha value is -3.33. The number of carbonyl (C=O) groups is 1. The summed E-state index contributed by atoms with van der Waals surface area (Å²) < 4.78 is 14.3. The Kier molecular flexibility index (Phi) is 5.11. The molecule has 1 aliphatic rings. The number of amides is 1. The molecule has 1 amide bonds. The van der Waals surface area contributed by atoms with Gasteiger partial charge in [0.05, 0.1) is 33.9 Å². The van der Waals surface area contributed by atoms with Crippen LogP contribution in [-0.2, 0) is 0 Å². The number of carbonyl (C=O) groups excluding carboxylic acids is 1. The Bertz CT molecular complexity index is 1240. The van der Waals surface area contributed by atoms with Crippen LogP contribution in [-0.4, -0.2) is 38.0 Å². The second-order valence-corrected chi connectivity index (χ2v) is 8.76. The highest BCUT2D eigenvalue weighted by Gasteiger charge is 2.30. The van der Waals surface area contributed by atoms with Gasteiger partial charge in [0, 0.05) is 12.1 Å². The smallest absolute Gasteiger partial charge is 0.253 e. The zero-order valence-electron chi connectivity index (χ0n) is 16.9. The molecule has 0 spiro atoms. The molecule has 2 aromatic carbocycles. The lowest BCUT2D eigenvalue weighted by Crippen LogP contribution is -2.43. The van der Waals surface area contributed by atoms with Gasteiger partial charge in [0.2, 0.25) is 0 Å². The fourth-order valence-corrected chi connectivity index (χ4v) is 4.97. The molecule has 1 saturated carbocycles. The summed E-state index contributed by atoms with van der Waals surface area (Å²) in [5.41, 5.74) is 2.94. The minimum Gasteiger partial charge on any atom is -0.357 e. The molecule has 2 aromatic heterocycles. The van der Waals surface area contributed by atoms with Gasteiger partial charge in [-0.2, -0.15) is 15.0 Å². The number of aromatic nitrogens is 4. The molecule has 0 radical (unpaired) electrons. The number of rotatable bonds is 5. The van der Waals surface area contributed by atoms with Crippen LogP contribution in [0.2, 0.25) is 0 Å². The van der Waals surface area contributed by atoms with Gasteiger partial charge in [-0.15, -0.1) is 0 Å². The first-order valence-corrected chi connectivity index (χ1v) is 11.0. The molecular weight excluding hydrogens is 415 g/mol. The van der Waals surface area contributed by atoms with E-state index in [0.29, 0.717) is 11.3 Å². The second kappa shape index (κ2) is 8.07. The number of aryl methyl sites for hydroxylation is 1. The van der Waals surface area contributed by atoms with Crippen LogP contribution in [0, 0.1) is 12.7 Å². The largest absolute Gasteiger partial charge is 0.357 e. The number of hydrogen-bond donors (Lipinski definition) is 2. The molecule has 2 N–H and O–H groups in total. The Morgan fingerprint density at radius 1 is 1.13 bits per heavy atom. The van der Waals surface area contributed by atoms with Gasteiger partial charge in [0.1, 0.15) is 5.82 Å². The van der Waals surface area contributed by atoms with Gasteiger partial charge in [0.25, 0.3) is 5.91 Å². The molecule has 31 heavy (non-hydrogen) atoms. The normalized spacial score (nSPS) is 18.4. The van der Waals surface area contributed by atoms with Crippen LogP contribution < -0.4 is 10.6 Å². The number of halogens is 1. The molecule has 5 rings (SSSR count). The lowest BCUT2D eigenvalue weighted by Gasteiger charge is -2.22. The maximum atomic E-state index is 13.5. The molecule has 1 fully saturated rings. The maximum Gasteiger partial charge on any atom is 0.253 e. The molecule has 4 aromatic rings. The van der Waals surface area contributed by atoms with Crippen LogP contribution in [0.3, 0.4) is 0 Å². The number of thiazole rings is 1. The summed E-state index contributed by atoms with van der Waals surface area (Å²) in [7, 11) is 0. The zero-order valence-corrected chi connectivity index (χ0v) is 17.7. The quantitative estimate of drug-likeness (QED) is 0.492. The summed E-state index contributed by atoms with van der Waals surface area (Å²) in [6, 6.07) is 10.3. The third-order valence-electron chi connectivity index (χ3n) is 5.52. The van der Waals surface area contributed by atoms with Crippen LogP contribution in [0.4, 0.5) is 9.52 Å². The SMILES string of the molecule is Cc1ccc(-n2nccn2)c(C(=O)NC2CCC[C@@H]2Nc2nc3ccc(F)cc3s2)c1. The molecule has 0 saturated heterocycles. The number of nitrogens with one attached hydrogen (secondary N) is 2. The minimum atomic E-state index is -0.269. The molecule has 9 heteroatoms. The topological polar surface area (TPSA) is 84.7 Å². The summed E-state index contributed by atoms with van der Waals surface area (Å²) in [5, 5.41) is 15.7. The van der Waals surface area contributed by atoms with E-state index in [9.17, 15) is 9.18 Å². The van der Waals surface area contributed by atoms with E-state index in [4.69, 9.17) is 0 Å². The average Bonchev–Trinajstić information content (AvgIpc) is 3.49. The highest BCUT2D eigenvalue weighted by atomic mass is 32.1. The van der Waals surface area contributed by atoms with E-state index in [2.05, 4.69) is 25.8 Å². The van der Waals surface area contributed by atoms with Crippen molar-refractivity contribution in [1.29, 1.82) is 0 Å². The zero-order chi connectivity index (χ0) is 21.4. The first-order valence-electron chi connectivity index (χ1n) is 10.2. The van der Waals surface area contributed by atoms with E-state index in [-0.39, 0.29) is 23.8 Å². The highest BCUT2D eigenvalue weighted by molar-refractivity contribution is 7.22. The molecule has 0 bridgehead atoms. The van der Waals surface area contributed by atoms with Crippen molar-refractivity contribution in [2.45, 2.75) is 38.3 Å². The molecule has 1 unspecified atom stereocenters. The number of fused-ring (bicyclic) bond motifs is 1. The van der Waals surface area contributed by atoms with Crippen molar-refractivity contribution in [3.8, 4) is 5.69 Å². The summed E-state index contributed by atoms with van der Waals surface area (Å²) in [6.45, 7) is 1.95. The molecule has 1 aliphatic carbocycles. The monoisotopic (exact) mass is 436 g/mol. The van der Waals surface area contributed by atoms with Crippen molar-refractivity contribution < 1.29 is 9.18 Å². The predicted molar refractivity (Wildman–Crippen MR) is 118 cm³/mol. The molecule has 2 heterocycles. The summed E-state index contributed by atoms with van der Waals surface area (Å²) in [5.74, 6) is -0.421. The molecular formula is C22H21FN6OS. The van der Waals surface area contributed by atoms with Crippen LogP contribution in [0.5, 0.6) is 0 Å². The molecule has 0 aliphatic heterocycles. The first-order chi connectivity index (χ1) is 15.1. The Morgan fingerprint density at radius 3 is 2.77 bits per heavy atom. The predicted octanol–water partition coefficient (Wildman–Crippen LogP) is 4.09.